The van der Waals surface area contributed by atoms with Crippen LogP contribution < -0.4 is 0 Å². The van der Waals surface area contributed by atoms with Crippen molar-refractivity contribution in [2.45, 2.75) is 91.1 Å². The molecule has 0 spiro atoms. The summed E-state index contributed by atoms with van der Waals surface area (Å²) in [5.74, 6) is 2.45. The lowest BCUT2D eigenvalue weighted by molar-refractivity contribution is -0.172. The SMILES string of the molecule is CCOC(=O)C[C@H]1CC(=O)C[C@@H]2CC[C@@H]3[C@H](CC[C@@]4(C)[C@H]3CC[C@@]4(C)O)[C@@]12C. The molecule has 8 atom stereocenters. The van der Waals surface area contributed by atoms with Gasteiger partial charge in [-0.2, -0.15) is 0 Å². The highest BCUT2D eigenvalue weighted by molar-refractivity contribution is 5.81. The molecule has 0 radical (unpaired) electrons. The minimum absolute atomic E-state index is 0.0124. The molecular formula is C24H38O4. The maximum absolute atomic E-state index is 12.5. The summed E-state index contributed by atoms with van der Waals surface area (Å²) in [7, 11) is 0. The molecule has 1 N–H and O–H groups in total. The molecular weight excluding hydrogens is 352 g/mol. The van der Waals surface area contributed by atoms with Gasteiger partial charge < -0.3 is 9.84 Å². The van der Waals surface area contributed by atoms with Crippen LogP contribution in [0.2, 0.25) is 0 Å². The number of ketones is 1. The third kappa shape index (κ3) is 2.80. The standard InChI is InChI=1S/C24H38O4/c1-5-28-21(26)14-16-13-17(25)12-15-6-7-18-19-9-11-23(3,27)22(19,2)10-8-20(18)24(15,16)4/h15-16,18-20,27H,5-14H2,1-4H3/t15-,16+,18-,19-,20-,22-,23+,24+/m0/s1. The number of hydrogen-bond donors (Lipinski definition) is 1. The monoisotopic (exact) mass is 390 g/mol. The predicted molar refractivity (Wildman–Crippen MR) is 107 cm³/mol. The van der Waals surface area contributed by atoms with E-state index in [4.69, 9.17) is 4.74 Å². The third-order valence-electron chi connectivity index (χ3n) is 10.1. The van der Waals surface area contributed by atoms with E-state index >= 15 is 0 Å². The lowest BCUT2D eigenvalue weighted by atomic mass is 9.42. The summed E-state index contributed by atoms with van der Waals surface area (Å²) in [5, 5.41) is 11.1. The van der Waals surface area contributed by atoms with E-state index in [2.05, 4.69) is 13.8 Å². The second-order valence-corrected chi connectivity index (χ2v) is 10.9. The van der Waals surface area contributed by atoms with Crippen LogP contribution in [0.3, 0.4) is 0 Å². The highest BCUT2D eigenvalue weighted by atomic mass is 16.5. The molecule has 0 aromatic heterocycles. The van der Waals surface area contributed by atoms with Crippen LogP contribution in [0, 0.1) is 40.4 Å². The van der Waals surface area contributed by atoms with E-state index < -0.39 is 5.60 Å². The lowest BCUT2D eigenvalue weighted by Gasteiger charge is -2.63. The van der Waals surface area contributed by atoms with Gasteiger partial charge in [-0.05, 0) is 92.8 Å². The first-order valence-electron chi connectivity index (χ1n) is 11.5. The number of carbonyl (C=O) groups is 2. The zero-order valence-electron chi connectivity index (χ0n) is 18.1. The largest absolute Gasteiger partial charge is 0.466 e. The average molecular weight is 391 g/mol. The van der Waals surface area contributed by atoms with Crippen LogP contribution in [0.25, 0.3) is 0 Å². The van der Waals surface area contributed by atoms with E-state index in [1.165, 1.54) is 6.42 Å². The molecule has 0 saturated heterocycles. The van der Waals surface area contributed by atoms with E-state index in [1.54, 1.807) is 0 Å². The maximum Gasteiger partial charge on any atom is 0.306 e. The van der Waals surface area contributed by atoms with Crippen LogP contribution in [-0.2, 0) is 14.3 Å². The predicted octanol–water partition coefficient (Wildman–Crippen LogP) is 4.53. The molecule has 4 fully saturated rings. The highest BCUT2D eigenvalue weighted by Gasteiger charge is 2.64. The Morgan fingerprint density at radius 1 is 1.07 bits per heavy atom. The van der Waals surface area contributed by atoms with Gasteiger partial charge in [0.2, 0.25) is 0 Å². The Hall–Kier alpha value is -0.900. The van der Waals surface area contributed by atoms with E-state index in [-0.39, 0.29) is 22.7 Å². The van der Waals surface area contributed by atoms with Crippen molar-refractivity contribution in [2.24, 2.45) is 40.4 Å². The number of aliphatic hydroxyl groups is 1. The summed E-state index contributed by atoms with van der Waals surface area (Å²) in [6, 6.07) is 0. The first-order chi connectivity index (χ1) is 13.1. The second kappa shape index (κ2) is 6.82. The lowest BCUT2D eigenvalue weighted by Crippen LogP contribution is -2.58. The molecule has 0 aliphatic heterocycles. The maximum atomic E-state index is 12.5. The zero-order valence-corrected chi connectivity index (χ0v) is 18.1. The minimum atomic E-state index is -0.562. The Kier molecular flexibility index (Phi) is 4.96. The van der Waals surface area contributed by atoms with Crippen LogP contribution in [-0.4, -0.2) is 29.1 Å². The summed E-state index contributed by atoms with van der Waals surface area (Å²) >= 11 is 0. The van der Waals surface area contributed by atoms with Crippen LogP contribution >= 0.6 is 0 Å². The molecule has 4 saturated carbocycles. The highest BCUT2D eigenvalue weighted by Crippen LogP contribution is 2.69. The van der Waals surface area contributed by atoms with Gasteiger partial charge in [-0.15, -0.1) is 0 Å². The molecule has 4 aliphatic carbocycles. The molecule has 0 heterocycles. The Labute approximate surface area is 169 Å². The first kappa shape index (κ1) is 20.4. The van der Waals surface area contributed by atoms with Gasteiger partial charge >= 0.3 is 5.97 Å². The fourth-order valence-corrected chi connectivity index (χ4v) is 8.24. The summed E-state index contributed by atoms with van der Waals surface area (Å²) in [4.78, 5) is 24.9. The van der Waals surface area contributed by atoms with E-state index in [0.717, 1.165) is 32.1 Å². The van der Waals surface area contributed by atoms with Gasteiger partial charge in [-0.1, -0.05) is 13.8 Å². The first-order valence-corrected chi connectivity index (χ1v) is 11.5. The van der Waals surface area contributed by atoms with Crippen molar-refractivity contribution in [1.82, 2.24) is 0 Å². The summed E-state index contributed by atoms with van der Waals surface area (Å²) < 4.78 is 5.27. The summed E-state index contributed by atoms with van der Waals surface area (Å²) in [5.41, 5.74) is -0.509. The zero-order chi connectivity index (χ0) is 20.3. The van der Waals surface area contributed by atoms with Gasteiger partial charge in [0.05, 0.1) is 12.2 Å². The Bertz CT molecular complexity index is 655. The molecule has 158 valence electrons. The Morgan fingerprint density at radius 2 is 1.79 bits per heavy atom. The molecule has 0 aromatic carbocycles. The fourth-order valence-electron chi connectivity index (χ4n) is 8.24. The van der Waals surface area contributed by atoms with E-state index in [9.17, 15) is 14.7 Å². The van der Waals surface area contributed by atoms with Crippen molar-refractivity contribution >= 4 is 11.8 Å². The number of Topliss-reactive ketones (excluding diaryl/α,β-unsaturated/α-hetero) is 1. The van der Waals surface area contributed by atoms with Crippen molar-refractivity contribution in [1.29, 1.82) is 0 Å². The molecule has 4 heteroatoms. The van der Waals surface area contributed by atoms with Crippen molar-refractivity contribution < 1.29 is 19.4 Å². The summed E-state index contributed by atoms with van der Waals surface area (Å²) in [6.45, 7) is 9.00. The van der Waals surface area contributed by atoms with Crippen molar-refractivity contribution in [3.05, 3.63) is 0 Å². The molecule has 4 aliphatic rings. The topological polar surface area (TPSA) is 63.6 Å². The minimum Gasteiger partial charge on any atom is -0.466 e. The molecule has 4 nitrogen and oxygen atoms in total. The fraction of sp³-hybridized carbons (Fsp3) is 0.917. The number of fused-ring (bicyclic) bond motifs is 5. The number of hydrogen-bond acceptors (Lipinski definition) is 4. The number of carbonyl (C=O) groups excluding carboxylic acids is 2. The van der Waals surface area contributed by atoms with Gasteiger partial charge in [0.25, 0.3) is 0 Å². The third-order valence-corrected chi connectivity index (χ3v) is 10.1. The molecule has 0 aromatic rings. The van der Waals surface area contributed by atoms with Gasteiger partial charge in [-0.25, -0.2) is 0 Å². The van der Waals surface area contributed by atoms with Gasteiger partial charge in [-0.3, -0.25) is 9.59 Å². The number of rotatable bonds is 3. The molecule has 0 amide bonds. The molecule has 0 unspecified atom stereocenters. The van der Waals surface area contributed by atoms with Crippen molar-refractivity contribution in [3.63, 3.8) is 0 Å². The normalized spacial score (nSPS) is 50.5. The summed E-state index contributed by atoms with van der Waals surface area (Å²) in [6.07, 6.45) is 8.10. The second-order valence-electron chi connectivity index (χ2n) is 10.9. The molecule has 28 heavy (non-hydrogen) atoms. The van der Waals surface area contributed by atoms with Crippen LogP contribution in [0.5, 0.6) is 0 Å². The van der Waals surface area contributed by atoms with Crippen LogP contribution in [0.15, 0.2) is 0 Å². The molecule has 0 bridgehead atoms. The van der Waals surface area contributed by atoms with Crippen molar-refractivity contribution in [3.8, 4) is 0 Å². The van der Waals surface area contributed by atoms with Crippen LogP contribution in [0.1, 0.15) is 85.5 Å². The van der Waals surface area contributed by atoms with Crippen LogP contribution in [0.4, 0.5) is 0 Å². The Morgan fingerprint density at radius 3 is 2.50 bits per heavy atom. The Balaban J connectivity index is 1.65. The quantitative estimate of drug-likeness (QED) is 0.719. The average Bonchev–Trinajstić information content (AvgIpc) is 2.86. The number of ether oxygens (including phenoxy) is 1. The van der Waals surface area contributed by atoms with Gasteiger partial charge in [0.15, 0.2) is 0 Å². The van der Waals surface area contributed by atoms with Gasteiger partial charge in [0.1, 0.15) is 5.78 Å². The van der Waals surface area contributed by atoms with Crippen molar-refractivity contribution in [2.75, 3.05) is 6.61 Å². The van der Waals surface area contributed by atoms with E-state index in [0.29, 0.717) is 55.3 Å². The number of esters is 1. The smallest absolute Gasteiger partial charge is 0.306 e. The van der Waals surface area contributed by atoms with Gasteiger partial charge in [0, 0.05) is 19.3 Å². The molecule has 4 rings (SSSR count). The van der Waals surface area contributed by atoms with E-state index in [1.807, 2.05) is 13.8 Å².